The smallest absolute Gasteiger partial charge is 0.224 e. The van der Waals surface area contributed by atoms with E-state index in [1.807, 2.05) is 6.07 Å². The Bertz CT molecular complexity index is 572. The zero-order chi connectivity index (χ0) is 15.5. The number of benzene rings is 1. The van der Waals surface area contributed by atoms with Gasteiger partial charge in [-0.3, -0.25) is 4.79 Å². The first-order valence-corrected chi connectivity index (χ1v) is 7.93. The Morgan fingerprint density at radius 1 is 1.41 bits per heavy atom. The van der Waals surface area contributed by atoms with Gasteiger partial charge in [0, 0.05) is 13.5 Å². The Kier molecular flexibility index (Phi) is 4.57. The van der Waals surface area contributed by atoms with E-state index in [9.17, 15) is 9.18 Å². The fraction of sp³-hybridized carbons (Fsp3) is 0.500. The van der Waals surface area contributed by atoms with Crippen LogP contribution < -0.4 is 5.32 Å². The molecule has 1 amide bonds. The average Bonchev–Trinajstić information content (AvgIpc) is 2.90. The van der Waals surface area contributed by atoms with Crippen LogP contribution in [-0.2, 0) is 9.53 Å². The standard InChI is InChI=1S/C18H22FNO2/c1-22-18-15-9-4-8-14(15)17(18)20-16(21)10-3-6-12-5-2-7-13(19)11-12/h2-3,5-7,11,14-15,17-18H,4,8-10H2,1H3,(H,20,21)/b6-3+. The van der Waals surface area contributed by atoms with Crippen molar-refractivity contribution in [1.29, 1.82) is 0 Å². The molecule has 3 nitrogen and oxygen atoms in total. The van der Waals surface area contributed by atoms with Gasteiger partial charge in [0.1, 0.15) is 5.82 Å². The minimum absolute atomic E-state index is 0.00468. The van der Waals surface area contributed by atoms with Crippen LogP contribution in [0.3, 0.4) is 0 Å². The summed E-state index contributed by atoms with van der Waals surface area (Å²) in [6.07, 6.45) is 7.67. The van der Waals surface area contributed by atoms with E-state index in [0.717, 1.165) is 5.56 Å². The zero-order valence-electron chi connectivity index (χ0n) is 12.8. The fourth-order valence-corrected chi connectivity index (χ4v) is 3.90. The molecule has 0 spiro atoms. The summed E-state index contributed by atoms with van der Waals surface area (Å²) >= 11 is 0. The summed E-state index contributed by atoms with van der Waals surface area (Å²) in [5.74, 6) is 0.945. The van der Waals surface area contributed by atoms with Crippen LogP contribution in [0.1, 0.15) is 31.2 Å². The minimum Gasteiger partial charge on any atom is -0.379 e. The van der Waals surface area contributed by atoms with Crippen molar-refractivity contribution in [3.05, 3.63) is 41.7 Å². The first kappa shape index (κ1) is 15.2. The lowest BCUT2D eigenvalue weighted by atomic mass is 9.68. The molecular weight excluding hydrogens is 281 g/mol. The Labute approximate surface area is 130 Å². The Hall–Kier alpha value is -1.68. The van der Waals surface area contributed by atoms with Gasteiger partial charge in [-0.2, -0.15) is 0 Å². The highest BCUT2D eigenvalue weighted by Crippen LogP contribution is 2.48. The Morgan fingerprint density at radius 2 is 2.23 bits per heavy atom. The largest absolute Gasteiger partial charge is 0.379 e. The average molecular weight is 303 g/mol. The molecule has 1 aromatic carbocycles. The first-order valence-electron chi connectivity index (χ1n) is 7.93. The van der Waals surface area contributed by atoms with Gasteiger partial charge < -0.3 is 10.1 Å². The number of rotatable bonds is 5. The van der Waals surface area contributed by atoms with Crippen LogP contribution in [0.2, 0.25) is 0 Å². The van der Waals surface area contributed by atoms with Gasteiger partial charge >= 0.3 is 0 Å². The summed E-state index contributed by atoms with van der Waals surface area (Å²) in [7, 11) is 1.72. The van der Waals surface area contributed by atoms with Gasteiger partial charge in [0.2, 0.25) is 5.91 Å². The van der Waals surface area contributed by atoms with Gasteiger partial charge in [-0.15, -0.1) is 0 Å². The van der Waals surface area contributed by atoms with E-state index in [4.69, 9.17) is 4.74 Å². The maximum absolute atomic E-state index is 13.1. The molecule has 0 aromatic heterocycles. The number of hydrogen-bond donors (Lipinski definition) is 1. The van der Waals surface area contributed by atoms with E-state index >= 15 is 0 Å². The third kappa shape index (κ3) is 3.07. The van der Waals surface area contributed by atoms with Crippen molar-refractivity contribution in [3.63, 3.8) is 0 Å². The van der Waals surface area contributed by atoms with Crippen molar-refractivity contribution in [2.24, 2.45) is 11.8 Å². The second kappa shape index (κ2) is 6.61. The summed E-state index contributed by atoms with van der Waals surface area (Å²) in [5, 5.41) is 3.10. The third-order valence-corrected chi connectivity index (χ3v) is 4.92. The van der Waals surface area contributed by atoms with Gasteiger partial charge in [0.05, 0.1) is 12.1 Å². The van der Waals surface area contributed by atoms with Crippen LogP contribution in [0.5, 0.6) is 0 Å². The predicted octanol–water partition coefficient (Wildman–Crippen LogP) is 3.16. The molecule has 1 aromatic rings. The predicted molar refractivity (Wildman–Crippen MR) is 83.6 cm³/mol. The molecule has 1 N–H and O–H groups in total. The molecule has 0 heterocycles. The van der Waals surface area contributed by atoms with Crippen LogP contribution in [0.25, 0.3) is 6.08 Å². The normalized spacial score (nSPS) is 30.1. The maximum Gasteiger partial charge on any atom is 0.224 e. The van der Waals surface area contributed by atoms with Crippen molar-refractivity contribution >= 4 is 12.0 Å². The van der Waals surface area contributed by atoms with Gasteiger partial charge in [-0.25, -0.2) is 4.39 Å². The molecule has 0 saturated heterocycles. The second-order valence-corrected chi connectivity index (χ2v) is 6.21. The van der Waals surface area contributed by atoms with E-state index in [-0.39, 0.29) is 23.9 Å². The lowest BCUT2D eigenvalue weighted by Crippen LogP contribution is -2.62. The van der Waals surface area contributed by atoms with E-state index < -0.39 is 0 Å². The van der Waals surface area contributed by atoms with Crippen molar-refractivity contribution in [2.45, 2.75) is 37.8 Å². The number of carbonyl (C=O) groups is 1. The summed E-state index contributed by atoms with van der Waals surface area (Å²) in [6, 6.07) is 6.49. The minimum atomic E-state index is -0.267. The number of hydrogen-bond acceptors (Lipinski definition) is 2. The topological polar surface area (TPSA) is 38.3 Å². The number of ether oxygens (including phenoxy) is 1. The molecule has 2 fully saturated rings. The highest BCUT2D eigenvalue weighted by atomic mass is 19.1. The van der Waals surface area contributed by atoms with Crippen LogP contribution in [0, 0.1) is 17.7 Å². The molecule has 0 aliphatic heterocycles. The number of methoxy groups -OCH3 is 1. The second-order valence-electron chi connectivity index (χ2n) is 6.21. The lowest BCUT2D eigenvalue weighted by Gasteiger charge is -2.48. The summed E-state index contributed by atoms with van der Waals surface area (Å²) < 4.78 is 18.6. The van der Waals surface area contributed by atoms with Gasteiger partial charge in [0.25, 0.3) is 0 Å². The quantitative estimate of drug-likeness (QED) is 0.907. The van der Waals surface area contributed by atoms with E-state index in [1.54, 1.807) is 25.3 Å². The molecule has 2 saturated carbocycles. The number of amides is 1. The molecule has 4 heteroatoms. The van der Waals surface area contributed by atoms with Gasteiger partial charge in [-0.1, -0.05) is 30.7 Å². The van der Waals surface area contributed by atoms with E-state index in [2.05, 4.69) is 5.32 Å². The number of nitrogens with one attached hydrogen (secondary N) is 1. The lowest BCUT2D eigenvalue weighted by molar-refractivity contribution is -0.130. The first-order chi connectivity index (χ1) is 10.7. The summed E-state index contributed by atoms with van der Waals surface area (Å²) in [5.41, 5.74) is 0.766. The molecule has 4 unspecified atom stereocenters. The molecule has 3 rings (SSSR count). The molecule has 4 atom stereocenters. The SMILES string of the molecule is COC1C2CCCC2C1NC(=O)C/C=C/c1cccc(F)c1. The van der Waals surface area contributed by atoms with Gasteiger partial charge in [0.15, 0.2) is 0 Å². The van der Waals surface area contributed by atoms with Crippen LogP contribution >= 0.6 is 0 Å². The van der Waals surface area contributed by atoms with Crippen molar-refractivity contribution < 1.29 is 13.9 Å². The molecule has 0 bridgehead atoms. The molecule has 0 radical (unpaired) electrons. The van der Waals surface area contributed by atoms with Crippen molar-refractivity contribution in [3.8, 4) is 0 Å². The fourth-order valence-electron chi connectivity index (χ4n) is 3.90. The monoisotopic (exact) mass is 303 g/mol. The van der Waals surface area contributed by atoms with Crippen LogP contribution in [0.4, 0.5) is 4.39 Å². The molecule has 22 heavy (non-hydrogen) atoms. The number of halogens is 1. The van der Waals surface area contributed by atoms with Gasteiger partial charge in [-0.05, 0) is 42.4 Å². The van der Waals surface area contributed by atoms with E-state index in [1.165, 1.54) is 31.4 Å². The van der Waals surface area contributed by atoms with Crippen molar-refractivity contribution in [1.82, 2.24) is 5.32 Å². The molecule has 2 aliphatic carbocycles. The molecule has 2 aliphatic rings. The molecular formula is C18H22FNO2. The van der Waals surface area contributed by atoms with Crippen LogP contribution in [-0.4, -0.2) is 25.2 Å². The number of fused-ring (bicyclic) bond motifs is 1. The summed E-state index contributed by atoms with van der Waals surface area (Å²) in [6.45, 7) is 0. The third-order valence-electron chi connectivity index (χ3n) is 4.92. The van der Waals surface area contributed by atoms with Crippen molar-refractivity contribution in [2.75, 3.05) is 7.11 Å². The van der Waals surface area contributed by atoms with Crippen LogP contribution in [0.15, 0.2) is 30.3 Å². The Morgan fingerprint density at radius 3 is 3.00 bits per heavy atom. The highest BCUT2D eigenvalue weighted by molar-refractivity contribution is 5.79. The Balaban J connectivity index is 1.50. The summed E-state index contributed by atoms with van der Waals surface area (Å²) in [4.78, 5) is 12.1. The number of carbonyl (C=O) groups excluding carboxylic acids is 1. The zero-order valence-corrected chi connectivity index (χ0v) is 12.8. The highest BCUT2D eigenvalue weighted by Gasteiger charge is 2.53. The van der Waals surface area contributed by atoms with E-state index in [0.29, 0.717) is 18.3 Å². The molecule has 118 valence electrons. The maximum atomic E-state index is 13.1.